The lowest BCUT2D eigenvalue weighted by molar-refractivity contribution is 0.630. The van der Waals surface area contributed by atoms with E-state index in [1.165, 1.54) is 27.1 Å². The third-order valence-corrected chi connectivity index (χ3v) is 4.69. The van der Waals surface area contributed by atoms with Gasteiger partial charge in [0.25, 0.3) is 0 Å². The molecule has 4 rings (SSSR count). The molecule has 0 radical (unpaired) electrons. The molecule has 20 heavy (non-hydrogen) atoms. The monoisotopic (exact) mass is 281 g/mol. The van der Waals surface area contributed by atoms with E-state index in [9.17, 15) is 0 Å². The third kappa shape index (κ3) is 2.01. The Morgan fingerprint density at radius 1 is 1.20 bits per heavy atom. The van der Waals surface area contributed by atoms with Gasteiger partial charge >= 0.3 is 0 Å². The van der Waals surface area contributed by atoms with Gasteiger partial charge in [-0.05, 0) is 36.2 Å². The van der Waals surface area contributed by atoms with Crippen LogP contribution in [0, 0.1) is 6.92 Å². The maximum absolute atomic E-state index is 4.62. The van der Waals surface area contributed by atoms with Crippen molar-refractivity contribution in [3.05, 3.63) is 46.7 Å². The molecule has 3 aromatic rings. The summed E-state index contributed by atoms with van der Waals surface area (Å²) in [5.74, 6) is 0. The maximum Gasteiger partial charge on any atom is 0.0907 e. The highest BCUT2D eigenvalue weighted by molar-refractivity contribution is 7.18. The predicted molar refractivity (Wildman–Crippen MR) is 83.0 cm³/mol. The molecule has 3 nitrogen and oxygen atoms in total. The van der Waals surface area contributed by atoms with Gasteiger partial charge in [-0.25, -0.2) is 4.98 Å². The molecule has 1 aliphatic heterocycles. The van der Waals surface area contributed by atoms with Gasteiger partial charge < -0.3 is 5.32 Å². The second kappa shape index (κ2) is 4.65. The van der Waals surface area contributed by atoms with Crippen molar-refractivity contribution in [3.8, 4) is 11.1 Å². The fraction of sp³-hybridized carbons (Fsp3) is 0.250. The topological polar surface area (TPSA) is 37.8 Å². The molecule has 0 atom stereocenters. The summed E-state index contributed by atoms with van der Waals surface area (Å²) >= 11 is 1.74. The van der Waals surface area contributed by atoms with E-state index in [1.807, 2.05) is 6.20 Å². The molecule has 0 amide bonds. The zero-order valence-corrected chi connectivity index (χ0v) is 12.1. The highest BCUT2D eigenvalue weighted by Gasteiger charge is 2.11. The average molecular weight is 281 g/mol. The number of hydrogen-bond acceptors (Lipinski definition) is 4. The average Bonchev–Trinajstić information content (AvgIpc) is 2.85. The van der Waals surface area contributed by atoms with Crippen LogP contribution in [0.15, 0.2) is 30.5 Å². The molecule has 0 saturated heterocycles. The Labute approximate surface area is 121 Å². The SMILES string of the molecule is Cc1nc2cc(-c3cnc4c(c3)CNCC4)ccc2s1. The highest BCUT2D eigenvalue weighted by Crippen LogP contribution is 2.28. The molecular formula is C16H15N3S. The van der Waals surface area contributed by atoms with Gasteiger partial charge in [-0.15, -0.1) is 11.3 Å². The van der Waals surface area contributed by atoms with E-state index in [1.54, 1.807) is 11.3 Å². The van der Waals surface area contributed by atoms with Gasteiger partial charge in [0.15, 0.2) is 0 Å². The van der Waals surface area contributed by atoms with Gasteiger partial charge in [-0.2, -0.15) is 0 Å². The zero-order chi connectivity index (χ0) is 13.5. The minimum atomic E-state index is 0.925. The van der Waals surface area contributed by atoms with Crippen molar-refractivity contribution in [1.82, 2.24) is 15.3 Å². The van der Waals surface area contributed by atoms with E-state index in [2.05, 4.69) is 46.5 Å². The molecule has 1 aromatic carbocycles. The van der Waals surface area contributed by atoms with E-state index in [0.717, 1.165) is 30.0 Å². The Balaban J connectivity index is 1.81. The number of aryl methyl sites for hydroxylation is 1. The van der Waals surface area contributed by atoms with Crippen molar-refractivity contribution in [3.63, 3.8) is 0 Å². The minimum absolute atomic E-state index is 0.925. The Hall–Kier alpha value is -1.78. The molecule has 0 fully saturated rings. The molecular weight excluding hydrogens is 266 g/mol. The van der Waals surface area contributed by atoms with Crippen LogP contribution in [-0.2, 0) is 13.0 Å². The van der Waals surface area contributed by atoms with E-state index in [0.29, 0.717) is 0 Å². The van der Waals surface area contributed by atoms with Gasteiger partial charge in [0, 0.05) is 37.0 Å². The molecule has 3 heterocycles. The van der Waals surface area contributed by atoms with E-state index in [-0.39, 0.29) is 0 Å². The van der Waals surface area contributed by atoms with Crippen molar-refractivity contribution < 1.29 is 0 Å². The number of rotatable bonds is 1. The van der Waals surface area contributed by atoms with Gasteiger partial charge in [0.05, 0.1) is 15.2 Å². The number of aromatic nitrogens is 2. The summed E-state index contributed by atoms with van der Waals surface area (Å²) in [5.41, 5.74) is 6.02. The molecule has 4 heteroatoms. The van der Waals surface area contributed by atoms with Gasteiger partial charge in [-0.1, -0.05) is 6.07 Å². The lowest BCUT2D eigenvalue weighted by atomic mass is 10.0. The second-order valence-electron chi connectivity index (χ2n) is 5.17. The summed E-state index contributed by atoms with van der Waals surface area (Å²) < 4.78 is 1.25. The van der Waals surface area contributed by atoms with Gasteiger partial charge in [-0.3, -0.25) is 4.98 Å². The number of thiazole rings is 1. The smallest absolute Gasteiger partial charge is 0.0907 e. The summed E-state index contributed by atoms with van der Waals surface area (Å²) in [6.45, 7) is 4.01. The Bertz CT molecular complexity index is 792. The molecule has 0 unspecified atom stereocenters. The molecule has 100 valence electrons. The number of fused-ring (bicyclic) bond motifs is 2. The highest BCUT2D eigenvalue weighted by atomic mass is 32.1. The first-order chi connectivity index (χ1) is 9.79. The fourth-order valence-corrected chi connectivity index (χ4v) is 3.53. The van der Waals surface area contributed by atoms with Crippen molar-refractivity contribution in [1.29, 1.82) is 0 Å². The van der Waals surface area contributed by atoms with Crippen LogP contribution in [0.5, 0.6) is 0 Å². The summed E-state index contributed by atoms with van der Waals surface area (Å²) in [4.78, 5) is 9.20. The fourth-order valence-electron chi connectivity index (χ4n) is 2.73. The van der Waals surface area contributed by atoms with E-state index < -0.39 is 0 Å². The van der Waals surface area contributed by atoms with Crippen LogP contribution in [0.4, 0.5) is 0 Å². The molecule has 0 bridgehead atoms. The Morgan fingerprint density at radius 3 is 3.10 bits per heavy atom. The van der Waals surface area contributed by atoms with Gasteiger partial charge in [0.1, 0.15) is 0 Å². The normalized spacial score (nSPS) is 14.4. The number of benzene rings is 1. The van der Waals surface area contributed by atoms with E-state index in [4.69, 9.17) is 0 Å². The largest absolute Gasteiger partial charge is 0.312 e. The van der Waals surface area contributed by atoms with Crippen LogP contribution in [0.3, 0.4) is 0 Å². The Kier molecular flexibility index (Phi) is 2.79. The van der Waals surface area contributed by atoms with Crippen LogP contribution < -0.4 is 5.32 Å². The zero-order valence-electron chi connectivity index (χ0n) is 11.3. The first-order valence-electron chi connectivity index (χ1n) is 6.86. The van der Waals surface area contributed by atoms with Crippen LogP contribution in [0.1, 0.15) is 16.3 Å². The number of pyridine rings is 1. The molecule has 1 N–H and O–H groups in total. The van der Waals surface area contributed by atoms with Crippen molar-refractivity contribution in [2.45, 2.75) is 19.9 Å². The molecule has 1 aliphatic rings. The van der Waals surface area contributed by atoms with Crippen molar-refractivity contribution in [2.24, 2.45) is 0 Å². The molecule has 0 saturated carbocycles. The standard InChI is InChI=1S/C16H15N3S/c1-10-19-15-7-11(2-3-16(15)20-10)12-6-13-8-17-5-4-14(13)18-9-12/h2-3,6-7,9,17H,4-5,8H2,1H3. The lowest BCUT2D eigenvalue weighted by Crippen LogP contribution is -2.24. The minimum Gasteiger partial charge on any atom is -0.312 e. The molecule has 0 spiro atoms. The van der Waals surface area contributed by atoms with Crippen molar-refractivity contribution in [2.75, 3.05) is 6.54 Å². The van der Waals surface area contributed by atoms with Crippen LogP contribution in [0.2, 0.25) is 0 Å². The van der Waals surface area contributed by atoms with Gasteiger partial charge in [0.2, 0.25) is 0 Å². The maximum atomic E-state index is 4.62. The van der Waals surface area contributed by atoms with Crippen LogP contribution in [0.25, 0.3) is 21.3 Å². The summed E-state index contributed by atoms with van der Waals surface area (Å²) in [5, 5.41) is 4.52. The Morgan fingerprint density at radius 2 is 2.15 bits per heavy atom. The van der Waals surface area contributed by atoms with Crippen molar-refractivity contribution >= 4 is 21.6 Å². The molecule has 0 aliphatic carbocycles. The van der Waals surface area contributed by atoms with Crippen LogP contribution in [-0.4, -0.2) is 16.5 Å². The predicted octanol–water partition coefficient (Wildman–Crippen LogP) is 3.31. The first-order valence-corrected chi connectivity index (χ1v) is 7.67. The first kappa shape index (κ1) is 12.0. The number of nitrogens with one attached hydrogen (secondary N) is 1. The number of hydrogen-bond donors (Lipinski definition) is 1. The van der Waals surface area contributed by atoms with E-state index >= 15 is 0 Å². The second-order valence-corrected chi connectivity index (χ2v) is 6.41. The lowest BCUT2D eigenvalue weighted by Gasteiger charge is -2.16. The molecule has 2 aromatic heterocycles. The quantitative estimate of drug-likeness (QED) is 0.743. The summed E-state index contributed by atoms with van der Waals surface area (Å²) in [7, 11) is 0. The number of nitrogens with zero attached hydrogens (tertiary/aromatic N) is 2. The summed E-state index contributed by atoms with van der Waals surface area (Å²) in [6.07, 6.45) is 3.02. The summed E-state index contributed by atoms with van der Waals surface area (Å²) in [6, 6.07) is 8.75. The third-order valence-electron chi connectivity index (χ3n) is 3.74. The van der Waals surface area contributed by atoms with Crippen LogP contribution >= 0.6 is 11.3 Å².